The second-order valence-electron chi connectivity index (χ2n) is 8.53. The topological polar surface area (TPSA) is 84.7 Å². The van der Waals surface area contributed by atoms with E-state index in [0.717, 1.165) is 19.0 Å². The molecule has 36 heavy (non-hydrogen) atoms. The van der Waals surface area contributed by atoms with Gasteiger partial charge >= 0.3 is 6.18 Å². The van der Waals surface area contributed by atoms with Crippen molar-refractivity contribution in [3.8, 4) is 11.3 Å². The number of aryl methyl sites for hydroxylation is 2. The number of nitrogens with zero attached hydrogens (tertiary/aromatic N) is 5. The molecule has 1 saturated heterocycles. The fraction of sp³-hybridized carbons (Fsp3) is 0.280. The van der Waals surface area contributed by atoms with E-state index in [4.69, 9.17) is 4.74 Å². The molecule has 1 fully saturated rings. The molecular weight excluding hydrogens is 473 g/mol. The summed E-state index contributed by atoms with van der Waals surface area (Å²) < 4.78 is 47.7. The smallest absolute Gasteiger partial charge is 0.361 e. The van der Waals surface area contributed by atoms with Gasteiger partial charge in [0.25, 0.3) is 5.91 Å². The van der Waals surface area contributed by atoms with Crippen LogP contribution >= 0.6 is 0 Å². The van der Waals surface area contributed by atoms with Crippen LogP contribution in [0.4, 0.5) is 24.8 Å². The van der Waals surface area contributed by atoms with E-state index in [-0.39, 0.29) is 17.0 Å². The van der Waals surface area contributed by atoms with Crippen molar-refractivity contribution in [1.82, 2.24) is 19.6 Å². The maximum Gasteiger partial charge on any atom is 0.417 e. The van der Waals surface area contributed by atoms with Crippen LogP contribution in [0.5, 0.6) is 0 Å². The molecule has 8 nitrogen and oxygen atoms in total. The molecule has 0 spiro atoms. The third-order valence-corrected chi connectivity index (χ3v) is 5.93. The van der Waals surface area contributed by atoms with E-state index in [1.807, 2.05) is 11.0 Å². The highest BCUT2D eigenvalue weighted by molar-refractivity contribution is 6.04. The van der Waals surface area contributed by atoms with E-state index in [0.29, 0.717) is 41.9 Å². The summed E-state index contributed by atoms with van der Waals surface area (Å²) in [6.07, 6.45) is -3.67. The number of benzene rings is 1. The number of hydrogen-bond donors (Lipinski definition) is 1. The fourth-order valence-electron chi connectivity index (χ4n) is 4.24. The summed E-state index contributed by atoms with van der Waals surface area (Å²) in [5.74, 6) is 0.475. The summed E-state index contributed by atoms with van der Waals surface area (Å²) in [5.41, 5.74) is 0.692. The predicted molar refractivity (Wildman–Crippen MR) is 128 cm³/mol. The van der Waals surface area contributed by atoms with Crippen LogP contribution in [0.1, 0.15) is 33.7 Å². The zero-order valence-corrected chi connectivity index (χ0v) is 19.6. The van der Waals surface area contributed by atoms with Crippen molar-refractivity contribution in [3.63, 3.8) is 0 Å². The van der Waals surface area contributed by atoms with Gasteiger partial charge in [-0.1, -0.05) is 24.3 Å². The summed E-state index contributed by atoms with van der Waals surface area (Å²) in [6, 6.07) is 12.0. The summed E-state index contributed by atoms with van der Waals surface area (Å²) in [7, 11) is 0. The van der Waals surface area contributed by atoms with Gasteiger partial charge in [-0.15, -0.1) is 0 Å². The second kappa shape index (κ2) is 9.23. The van der Waals surface area contributed by atoms with E-state index in [1.165, 1.54) is 22.7 Å². The van der Waals surface area contributed by atoms with Gasteiger partial charge in [0, 0.05) is 12.1 Å². The highest BCUT2D eigenvalue weighted by atomic mass is 19.4. The monoisotopic (exact) mass is 496 g/mol. The average molecular weight is 496 g/mol. The Labute approximate surface area is 204 Å². The molecule has 4 aromatic rings. The molecule has 0 bridgehead atoms. The molecule has 186 valence electrons. The number of pyridine rings is 1. The van der Waals surface area contributed by atoms with Crippen LogP contribution in [0.25, 0.3) is 16.9 Å². The van der Waals surface area contributed by atoms with Crippen molar-refractivity contribution in [2.75, 3.05) is 30.1 Å². The standard InChI is InChI=1S/C25H23F3N6O2/c1-15-13-19(17-7-3-4-8-18(17)25(26,27)28)32-34-22(16(2)29-23(15)34)24(35)31-20-9-5-10-21(30-20)33-11-6-12-36-14-33/h3-5,7-10,13H,6,11-12,14H2,1-2H3,(H,30,31,35). The number of halogens is 3. The Morgan fingerprint density at radius 1 is 1.08 bits per heavy atom. The van der Waals surface area contributed by atoms with Crippen molar-refractivity contribution < 1.29 is 22.7 Å². The number of hydrogen-bond acceptors (Lipinski definition) is 6. The first-order valence-corrected chi connectivity index (χ1v) is 11.4. The van der Waals surface area contributed by atoms with Gasteiger partial charge in [-0.05, 0) is 50.1 Å². The predicted octanol–water partition coefficient (Wildman–Crippen LogP) is 4.86. The van der Waals surface area contributed by atoms with Gasteiger partial charge in [-0.25, -0.2) is 14.5 Å². The SMILES string of the molecule is Cc1nc2c(C)cc(-c3ccccc3C(F)(F)F)nn2c1C(=O)Nc1cccc(N2CCCOC2)n1. The zero-order valence-electron chi connectivity index (χ0n) is 19.6. The molecule has 0 saturated carbocycles. The first-order chi connectivity index (χ1) is 17.2. The molecule has 0 atom stereocenters. The molecule has 1 aromatic carbocycles. The number of nitrogens with one attached hydrogen (secondary N) is 1. The van der Waals surface area contributed by atoms with Crippen molar-refractivity contribution >= 4 is 23.2 Å². The largest absolute Gasteiger partial charge is 0.417 e. The van der Waals surface area contributed by atoms with E-state index >= 15 is 0 Å². The van der Waals surface area contributed by atoms with Crippen LogP contribution in [0.2, 0.25) is 0 Å². The van der Waals surface area contributed by atoms with Crippen LogP contribution < -0.4 is 10.2 Å². The molecule has 3 aromatic heterocycles. The summed E-state index contributed by atoms with van der Waals surface area (Å²) >= 11 is 0. The summed E-state index contributed by atoms with van der Waals surface area (Å²) in [6.45, 7) is 5.28. The average Bonchev–Trinajstić information content (AvgIpc) is 3.20. The Hall–Kier alpha value is -3.99. The number of alkyl halides is 3. The third-order valence-electron chi connectivity index (χ3n) is 5.93. The van der Waals surface area contributed by atoms with E-state index < -0.39 is 17.6 Å². The number of imidazole rings is 1. The number of anilines is 2. The molecule has 11 heteroatoms. The van der Waals surface area contributed by atoms with Crippen molar-refractivity contribution in [3.05, 3.63) is 71.0 Å². The minimum atomic E-state index is -4.55. The van der Waals surface area contributed by atoms with Crippen LogP contribution in [-0.4, -0.2) is 45.4 Å². The molecule has 0 unspecified atom stereocenters. The van der Waals surface area contributed by atoms with Crippen LogP contribution in [0.3, 0.4) is 0 Å². The Kier molecular flexibility index (Phi) is 6.09. The number of rotatable bonds is 4. The van der Waals surface area contributed by atoms with Gasteiger partial charge in [-0.2, -0.15) is 18.3 Å². The van der Waals surface area contributed by atoms with Crippen LogP contribution in [0, 0.1) is 13.8 Å². The van der Waals surface area contributed by atoms with Gasteiger partial charge in [0.2, 0.25) is 0 Å². The lowest BCUT2D eigenvalue weighted by atomic mass is 10.0. The second-order valence-corrected chi connectivity index (χ2v) is 8.53. The molecule has 4 heterocycles. The Balaban J connectivity index is 1.52. The molecular formula is C25H23F3N6O2. The van der Waals surface area contributed by atoms with Gasteiger partial charge in [0.1, 0.15) is 18.4 Å². The Morgan fingerprint density at radius 3 is 2.64 bits per heavy atom. The normalized spacial score (nSPS) is 14.3. The summed E-state index contributed by atoms with van der Waals surface area (Å²) in [4.78, 5) is 24.2. The van der Waals surface area contributed by atoms with Gasteiger partial charge in [0.15, 0.2) is 11.3 Å². The first-order valence-electron chi connectivity index (χ1n) is 11.4. The van der Waals surface area contributed by atoms with Gasteiger partial charge < -0.3 is 15.0 Å². The van der Waals surface area contributed by atoms with E-state index in [2.05, 4.69) is 20.4 Å². The molecule has 5 rings (SSSR count). The highest BCUT2D eigenvalue weighted by Crippen LogP contribution is 2.36. The van der Waals surface area contributed by atoms with Gasteiger partial charge in [-0.3, -0.25) is 4.79 Å². The molecule has 1 aliphatic rings. The number of aromatic nitrogens is 4. The maximum absolute atomic E-state index is 13.6. The number of amides is 1. The van der Waals surface area contributed by atoms with Crippen molar-refractivity contribution in [2.24, 2.45) is 0 Å². The zero-order chi connectivity index (χ0) is 25.4. The number of carbonyl (C=O) groups excluding carboxylic acids is 1. The quantitative estimate of drug-likeness (QED) is 0.434. The lowest BCUT2D eigenvalue weighted by molar-refractivity contribution is -0.137. The molecule has 1 N–H and O–H groups in total. The van der Waals surface area contributed by atoms with Crippen molar-refractivity contribution in [2.45, 2.75) is 26.4 Å². The van der Waals surface area contributed by atoms with Crippen molar-refractivity contribution in [1.29, 1.82) is 0 Å². The minimum absolute atomic E-state index is 0.0779. The van der Waals surface area contributed by atoms with E-state index in [9.17, 15) is 18.0 Å². The molecule has 0 radical (unpaired) electrons. The fourth-order valence-corrected chi connectivity index (χ4v) is 4.24. The molecule has 1 aliphatic heterocycles. The number of carbonyl (C=O) groups is 1. The minimum Gasteiger partial charge on any atom is -0.361 e. The van der Waals surface area contributed by atoms with Crippen LogP contribution in [-0.2, 0) is 10.9 Å². The first kappa shape index (κ1) is 23.7. The number of ether oxygens (including phenoxy) is 1. The Morgan fingerprint density at radius 2 is 1.89 bits per heavy atom. The lowest BCUT2D eigenvalue weighted by Gasteiger charge is -2.27. The summed E-state index contributed by atoms with van der Waals surface area (Å²) in [5, 5.41) is 7.18. The highest BCUT2D eigenvalue weighted by Gasteiger charge is 2.34. The number of fused-ring (bicyclic) bond motifs is 1. The molecule has 0 aliphatic carbocycles. The van der Waals surface area contributed by atoms with Crippen LogP contribution in [0.15, 0.2) is 48.5 Å². The molecule has 1 amide bonds. The van der Waals surface area contributed by atoms with Gasteiger partial charge in [0.05, 0.1) is 23.6 Å². The van der Waals surface area contributed by atoms with E-state index in [1.54, 1.807) is 32.0 Å². The lowest BCUT2D eigenvalue weighted by Crippen LogP contribution is -2.33. The Bertz CT molecular complexity index is 1440. The maximum atomic E-state index is 13.6. The third kappa shape index (κ3) is 4.49.